The summed E-state index contributed by atoms with van der Waals surface area (Å²) < 4.78 is 26.2. The second-order valence-corrected chi connectivity index (χ2v) is 7.07. The van der Waals surface area contributed by atoms with Gasteiger partial charge in [0.25, 0.3) is 0 Å². The van der Waals surface area contributed by atoms with E-state index in [1.165, 1.54) is 4.31 Å². The molecule has 3 nitrogen and oxygen atoms in total. The van der Waals surface area contributed by atoms with Crippen LogP contribution in [0.5, 0.6) is 0 Å². The van der Waals surface area contributed by atoms with Crippen molar-refractivity contribution in [3.05, 3.63) is 35.9 Å². The van der Waals surface area contributed by atoms with Gasteiger partial charge in [0.1, 0.15) is 0 Å². The molecule has 19 heavy (non-hydrogen) atoms. The second kappa shape index (κ2) is 7.88. The van der Waals surface area contributed by atoms with Gasteiger partial charge in [-0.1, -0.05) is 44.2 Å². The van der Waals surface area contributed by atoms with Gasteiger partial charge in [0.2, 0.25) is 10.0 Å². The summed E-state index contributed by atoms with van der Waals surface area (Å²) in [5.41, 5.74) is 1.05. The maximum Gasteiger partial charge on any atom is 0.214 e. The highest BCUT2D eigenvalue weighted by molar-refractivity contribution is 7.89. The van der Waals surface area contributed by atoms with Gasteiger partial charge in [0.05, 0.1) is 5.75 Å². The third kappa shape index (κ3) is 5.13. The zero-order chi connectivity index (χ0) is 14.3. The maximum absolute atomic E-state index is 12.4. The number of nitrogens with zero attached hydrogens (tertiary/aromatic N) is 1. The highest BCUT2D eigenvalue weighted by Gasteiger charge is 2.23. The predicted octanol–water partition coefficient (Wildman–Crippen LogP) is 3.07. The van der Waals surface area contributed by atoms with Crippen molar-refractivity contribution in [2.75, 3.05) is 24.7 Å². The van der Waals surface area contributed by atoms with Gasteiger partial charge in [-0.3, -0.25) is 0 Å². The molecule has 0 saturated carbocycles. The molecule has 0 aliphatic carbocycles. The SMILES string of the molecule is CCCN(CCCl)S(=O)(=O)CC(C)c1ccccc1. The lowest BCUT2D eigenvalue weighted by atomic mass is 10.0. The summed E-state index contributed by atoms with van der Waals surface area (Å²) in [6, 6.07) is 9.72. The van der Waals surface area contributed by atoms with E-state index in [0.717, 1.165) is 12.0 Å². The fourth-order valence-electron chi connectivity index (χ4n) is 2.03. The Balaban J connectivity index is 2.77. The maximum atomic E-state index is 12.4. The largest absolute Gasteiger partial charge is 0.214 e. The normalized spacial score (nSPS) is 13.7. The molecule has 0 N–H and O–H groups in total. The monoisotopic (exact) mass is 303 g/mol. The van der Waals surface area contributed by atoms with E-state index >= 15 is 0 Å². The molecule has 1 aromatic carbocycles. The van der Waals surface area contributed by atoms with E-state index in [9.17, 15) is 8.42 Å². The minimum Gasteiger partial charge on any atom is -0.212 e. The Kier molecular flexibility index (Phi) is 6.83. The van der Waals surface area contributed by atoms with Crippen LogP contribution in [0, 0.1) is 0 Å². The zero-order valence-corrected chi connectivity index (χ0v) is 13.1. The van der Waals surface area contributed by atoms with Crippen molar-refractivity contribution in [3.8, 4) is 0 Å². The van der Waals surface area contributed by atoms with Crippen molar-refractivity contribution in [2.45, 2.75) is 26.2 Å². The first-order valence-electron chi connectivity index (χ1n) is 6.60. The van der Waals surface area contributed by atoms with Crippen molar-refractivity contribution < 1.29 is 8.42 Å². The Bertz CT molecular complexity index is 456. The average molecular weight is 304 g/mol. The lowest BCUT2D eigenvalue weighted by molar-refractivity contribution is 0.426. The fourth-order valence-corrected chi connectivity index (χ4v) is 4.20. The average Bonchev–Trinajstić information content (AvgIpc) is 2.39. The van der Waals surface area contributed by atoms with Crippen LogP contribution in [0.1, 0.15) is 31.7 Å². The molecule has 1 atom stereocenters. The molecule has 108 valence electrons. The number of alkyl halides is 1. The van der Waals surface area contributed by atoms with E-state index < -0.39 is 10.0 Å². The van der Waals surface area contributed by atoms with Crippen LogP contribution >= 0.6 is 11.6 Å². The molecule has 1 rings (SSSR count). The molecule has 1 aromatic rings. The van der Waals surface area contributed by atoms with Crippen molar-refractivity contribution in [3.63, 3.8) is 0 Å². The summed E-state index contributed by atoms with van der Waals surface area (Å²) in [6.07, 6.45) is 0.801. The summed E-state index contributed by atoms with van der Waals surface area (Å²) in [5.74, 6) is 0.452. The van der Waals surface area contributed by atoms with Gasteiger partial charge >= 0.3 is 0 Å². The van der Waals surface area contributed by atoms with Gasteiger partial charge in [-0.2, -0.15) is 0 Å². The third-order valence-electron chi connectivity index (χ3n) is 3.03. The zero-order valence-electron chi connectivity index (χ0n) is 11.5. The van der Waals surface area contributed by atoms with Crippen molar-refractivity contribution in [1.29, 1.82) is 0 Å². The first-order chi connectivity index (χ1) is 9.01. The van der Waals surface area contributed by atoms with Crippen molar-refractivity contribution >= 4 is 21.6 Å². The van der Waals surface area contributed by atoms with Gasteiger partial charge in [0.15, 0.2) is 0 Å². The molecule has 0 fully saturated rings. The molecule has 0 aliphatic heterocycles. The number of halogens is 1. The number of hydrogen-bond acceptors (Lipinski definition) is 2. The lowest BCUT2D eigenvalue weighted by Crippen LogP contribution is -2.36. The molecule has 0 aliphatic rings. The lowest BCUT2D eigenvalue weighted by Gasteiger charge is -2.22. The van der Waals surface area contributed by atoms with E-state index in [-0.39, 0.29) is 11.7 Å². The van der Waals surface area contributed by atoms with Crippen molar-refractivity contribution in [1.82, 2.24) is 4.31 Å². The minimum atomic E-state index is -3.25. The molecular weight excluding hydrogens is 282 g/mol. The number of hydrogen-bond donors (Lipinski definition) is 0. The van der Waals surface area contributed by atoms with Crippen LogP contribution in [-0.4, -0.2) is 37.4 Å². The van der Waals surface area contributed by atoms with Crippen LogP contribution < -0.4 is 0 Å². The Morgan fingerprint density at radius 2 is 1.84 bits per heavy atom. The van der Waals surface area contributed by atoms with Gasteiger partial charge in [-0.15, -0.1) is 11.6 Å². The van der Waals surface area contributed by atoms with Gasteiger partial charge in [-0.05, 0) is 17.9 Å². The fraction of sp³-hybridized carbons (Fsp3) is 0.571. The molecule has 0 amide bonds. The molecule has 1 unspecified atom stereocenters. The van der Waals surface area contributed by atoms with Gasteiger partial charge in [-0.25, -0.2) is 12.7 Å². The van der Waals surface area contributed by atoms with Crippen LogP contribution in [0.3, 0.4) is 0 Å². The highest BCUT2D eigenvalue weighted by atomic mass is 35.5. The Labute approximate surface area is 121 Å². The molecule has 0 heterocycles. The van der Waals surface area contributed by atoms with E-state index in [1.807, 2.05) is 44.2 Å². The molecule has 5 heteroatoms. The number of rotatable bonds is 8. The molecule has 0 aromatic heterocycles. The first kappa shape index (κ1) is 16.5. The molecule has 0 bridgehead atoms. The minimum absolute atomic E-state index is 0.0131. The molecule has 0 spiro atoms. The van der Waals surface area contributed by atoms with E-state index in [4.69, 9.17) is 11.6 Å². The summed E-state index contributed by atoms with van der Waals surface area (Å²) >= 11 is 5.69. The van der Waals surface area contributed by atoms with E-state index in [0.29, 0.717) is 19.0 Å². The van der Waals surface area contributed by atoms with Crippen molar-refractivity contribution in [2.24, 2.45) is 0 Å². The smallest absolute Gasteiger partial charge is 0.212 e. The van der Waals surface area contributed by atoms with E-state index in [2.05, 4.69) is 0 Å². The van der Waals surface area contributed by atoms with Crippen LogP contribution in [-0.2, 0) is 10.0 Å². The van der Waals surface area contributed by atoms with Crippen LogP contribution in [0.2, 0.25) is 0 Å². The molecule has 0 radical (unpaired) electrons. The predicted molar refractivity (Wildman–Crippen MR) is 81.2 cm³/mol. The Morgan fingerprint density at radius 3 is 2.37 bits per heavy atom. The molecule has 0 saturated heterocycles. The summed E-state index contributed by atoms with van der Waals surface area (Å²) in [6.45, 7) is 4.84. The quantitative estimate of drug-likeness (QED) is 0.692. The first-order valence-corrected chi connectivity index (χ1v) is 8.74. The molecular formula is C14H22ClNO2S. The summed E-state index contributed by atoms with van der Waals surface area (Å²) in [4.78, 5) is 0. The van der Waals surface area contributed by atoms with Gasteiger partial charge < -0.3 is 0 Å². The summed E-state index contributed by atoms with van der Waals surface area (Å²) in [5, 5.41) is 0. The standard InChI is InChI=1S/C14H22ClNO2S/c1-3-10-16(11-9-15)19(17,18)12-13(2)14-7-5-4-6-8-14/h4-8,13H,3,9-12H2,1-2H3. The van der Waals surface area contributed by atoms with Crippen LogP contribution in [0.4, 0.5) is 0 Å². The highest BCUT2D eigenvalue weighted by Crippen LogP contribution is 2.19. The number of sulfonamides is 1. The second-order valence-electron chi connectivity index (χ2n) is 4.68. The Hall–Kier alpha value is -0.580. The van der Waals surface area contributed by atoms with Crippen LogP contribution in [0.15, 0.2) is 30.3 Å². The van der Waals surface area contributed by atoms with E-state index in [1.54, 1.807) is 0 Å². The summed E-state index contributed by atoms with van der Waals surface area (Å²) in [7, 11) is -3.25. The van der Waals surface area contributed by atoms with Crippen LogP contribution in [0.25, 0.3) is 0 Å². The topological polar surface area (TPSA) is 37.4 Å². The Morgan fingerprint density at radius 1 is 1.21 bits per heavy atom. The van der Waals surface area contributed by atoms with Gasteiger partial charge in [0, 0.05) is 19.0 Å². The third-order valence-corrected chi connectivity index (χ3v) is 5.27. The number of benzene rings is 1.